The van der Waals surface area contributed by atoms with Gasteiger partial charge < -0.3 is 9.67 Å². The summed E-state index contributed by atoms with van der Waals surface area (Å²) in [7, 11) is 2.01. The van der Waals surface area contributed by atoms with Gasteiger partial charge in [-0.25, -0.2) is 4.79 Å². The Morgan fingerprint density at radius 3 is 2.55 bits per heavy atom. The van der Waals surface area contributed by atoms with Crippen LogP contribution in [-0.2, 0) is 13.5 Å². The summed E-state index contributed by atoms with van der Waals surface area (Å²) in [5.41, 5.74) is 3.49. The molecule has 1 N–H and O–H groups in total. The van der Waals surface area contributed by atoms with Crippen molar-refractivity contribution in [3.05, 3.63) is 71.4 Å². The van der Waals surface area contributed by atoms with Crippen LogP contribution >= 0.6 is 0 Å². The summed E-state index contributed by atoms with van der Waals surface area (Å²) in [5, 5.41) is 10.4. The van der Waals surface area contributed by atoms with Gasteiger partial charge in [0.15, 0.2) is 0 Å². The predicted molar refractivity (Wildman–Crippen MR) is 79.1 cm³/mol. The zero-order valence-corrected chi connectivity index (χ0v) is 11.2. The number of hydrogen-bond donors (Lipinski definition) is 1. The Morgan fingerprint density at radius 2 is 1.80 bits per heavy atom. The normalized spacial score (nSPS) is 10.8. The number of nitrogens with zero attached hydrogens (tertiary/aromatic N) is 1. The smallest absolute Gasteiger partial charge is 0.335 e. The van der Waals surface area contributed by atoms with Crippen molar-refractivity contribution < 1.29 is 9.90 Å². The molecule has 3 rings (SSSR count). The fourth-order valence-electron chi connectivity index (χ4n) is 2.59. The highest BCUT2D eigenvalue weighted by Crippen LogP contribution is 2.22. The number of carbonyl (C=O) groups is 1. The zero-order chi connectivity index (χ0) is 14.1. The molecule has 0 spiro atoms. The fourth-order valence-corrected chi connectivity index (χ4v) is 2.59. The average molecular weight is 265 g/mol. The first kappa shape index (κ1) is 12.5. The summed E-state index contributed by atoms with van der Waals surface area (Å²) < 4.78 is 2.12. The van der Waals surface area contributed by atoms with Crippen LogP contribution < -0.4 is 0 Å². The van der Waals surface area contributed by atoms with Crippen LogP contribution in [0.3, 0.4) is 0 Å². The molecule has 0 aliphatic heterocycles. The van der Waals surface area contributed by atoms with E-state index in [0.717, 1.165) is 16.8 Å². The van der Waals surface area contributed by atoms with Crippen LogP contribution in [0.15, 0.2) is 54.6 Å². The number of para-hydroxylation sites is 1. The van der Waals surface area contributed by atoms with Crippen LogP contribution in [0.4, 0.5) is 0 Å². The molecule has 0 unspecified atom stereocenters. The molecule has 100 valence electrons. The lowest BCUT2D eigenvalue weighted by Crippen LogP contribution is -2.04. The summed E-state index contributed by atoms with van der Waals surface area (Å²) in [5.74, 6) is -0.876. The fraction of sp³-hybridized carbons (Fsp3) is 0.118. The number of fused-ring (bicyclic) bond motifs is 1. The minimum absolute atomic E-state index is 0.373. The second-order valence-corrected chi connectivity index (χ2v) is 4.89. The maximum atomic E-state index is 11.3. The lowest BCUT2D eigenvalue weighted by Gasteiger charge is -2.07. The number of carboxylic acids is 1. The van der Waals surface area contributed by atoms with E-state index in [0.29, 0.717) is 12.0 Å². The molecule has 3 aromatic rings. The third-order valence-corrected chi connectivity index (χ3v) is 3.67. The molecule has 20 heavy (non-hydrogen) atoms. The Balaban J connectivity index is 2.06. The summed E-state index contributed by atoms with van der Waals surface area (Å²) in [4.78, 5) is 11.3. The van der Waals surface area contributed by atoms with Crippen molar-refractivity contribution in [2.45, 2.75) is 6.42 Å². The van der Waals surface area contributed by atoms with Crippen LogP contribution in [0.5, 0.6) is 0 Å². The molecule has 3 heteroatoms. The van der Waals surface area contributed by atoms with E-state index < -0.39 is 5.97 Å². The quantitative estimate of drug-likeness (QED) is 0.788. The molecular weight excluding hydrogens is 250 g/mol. The number of benzene rings is 2. The van der Waals surface area contributed by atoms with Crippen LogP contribution in [-0.4, -0.2) is 15.6 Å². The Hall–Kier alpha value is -2.55. The Morgan fingerprint density at radius 1 is 1.10 bits per heavy atom. The van der Waals surface area contributed by atoms with Gasteiger partial charge in [-0.05, 0) is 29.1 Å². The SMILES string of the molecule is Cn1c(Cc2ccccc2C(=O)O)cc2ccccc21. The highest BCUT2D eigenvalue weighted by atomic mass is 16.4. The number of aryl methyl sites for hydroxylation is 1. The van der Waals surface area contributed by atoms with Crippen molar-refractivity contribution in [2.24, 2.45) is 7.05 Å². The molecule has 3 nitrogen and oxygen atoms in total. The maximum absolute atomic E-state index is 11.3. The largest absolute Gasteiger partial charge is 0.478 e. The maximum Gasteiger partial charge on any atom is 0.335 e. The van der Waals surface area contributed by atoms with Gasteiger partial charge in [0.05, 0.1) is 5.56 Å². The number of hydrogen-bond acceptors (Lipinski definition) is 1. The van der Waals surface area contributed by atoms with E-state index in [2.05, 4.69) is 22.8 Å². The Kier molecular flexibility index (Phi) is 3.03. The van der Waals surface area contributed by atoms with Crippen LogP contribution in [0.25, 0.3) is 10.9 Å². The number of carboxylic acid groups (broad SMARTS) is 1. The van der Waals surface area contributed by atoms with E-state index in [-0.39, 0.29) is 0 Å². The summed E-state index contributed by atoms with van der Waals surface area (Å²) in [6.45, 7) is 0. The second-order valence-electron chi connectivity index (χ2n) is 4.89. The van der Waals surface area contributed by atoms with Crippen LogP contribution in [0.2, 0.25) is 0 Å². The lowest BCUT2D eigenvalue weighted by molar-refractivity contribution is 0.0696. The predicted octanol–water partition coefficient (Wildman–Crippen LogP) is 3.47. The molecule has 0 saturated carbocycles. The summed E-state index contributed by atoms with van der Waals surface area (Å²) in [6.07, 6.45) is 0.619. The Bertz CT molecular complexity index is 787. The van der Waals surface area contributed by atoms with E-state index in [1.807, 2.05) is 31.3 Å². The standard InChI is InChI=1S/C17H15NO2/c1-18-14(11-13-7-3-5-9-16(13)18)10-12-6-2-4-8-15(12)17(19)20/h2-9,11H,10H2,1H3,(H,19,20). The molecule has 1 heterocycles. The summed E-state index contributed by atoms with van der Waals surface area (Å²) >= 11 is 0. The van der Waals surface area contributed by atoms with E-state index >= 15 is 0 Å². The van der Waals surface area contributed by atoms with E-state index in [1.165, 1.54) is 5.39 Å². The first-order chi connectivity index (χ1) is 9.66. The molecule has 0 fully saturated rings. The molecule has 0 radical (unpaired) electrons. The van der Waals surface area contributed by atoms with Gasteiger partial charge in [-0.3, -0.25) is 0 Å². The second kappa shape index (κ2) is 4.85. The van der Waals surface area contributed by atoms with Crippen molar-refractivity contribution in [1.82, 2.24) is 4.57 Å². The van der Waals surface area contributed by atoms with Gasteiger partial charge in [0.2, 0.25) is 0 Å². The van der Waals surface area contributed by atoms with E-state index in [4.69, 9.17) is 0 Å². The van der Waals surface area contributed by atoms with Gasteiger partial charge in [0, 0.05) is 24.7 Å². The minimum Gasteiger partial charge on any atom is -0.478 e. The molecular formula is C17H15NO2. The van der Waals surface area contributed by atoms with Crippen molar-refractivity contribution in [3.8, 4) is 0 Å². The van der Waals surface area contributed by atoms with E-state index in [1.54, 1.807) is 12.1 Å². The van der Waals surface area contributed by atoms with Gasteiger partial charge in [-0.2, -0.15) is 0 Å². The molecule has 0 amide bonds. The third-order valence-electron chi connectivity index (χ3n) is 3.67. The monoisotopic (exact) mass is 265 g/mol. The molecule has 0 atom stereocenters. The van der Waals surface area contributed by atoms with Crippen molar-refractivity contribution in [1.29, 1.82) is 0 Å². The van der Waals surface area contributed by atoms with Crippen molar-refractivity contribution in [2.75, 3.05) is 0 Å². The van der Waals surface area contributed by atoms with Gasteiger partial charge in [0.1, 0.15) is 0 Å². The van der Waals surface area contributed by atoms with Gasteiger partial charge >= 0.3 is 5.97 Å². The molecule has 0 saturated heterocycles. The zero-order valence-electron chi connectivity index (χ0n) is 11.2. The third kappa shape index (κ3) is 2.07. The average Bonchev–Trinajstić information content (AvgIpc) is 2.76. The van der Waals surface area contributed by atoms with E-state index in [9.17, 15) is 9.90 Å². The molecule has 1 aromatic heterocycles. The van der Waals surface area contributed by atoms with Gasteiger partial charge in [-0.15, -0.1) is 0 Å². The number of aromatic nitrogens is 1. The van der Waals surface area contributed by atoms with Gasteiger partial charge in [0.25, 0.3) is 0 Å². The van der Waals surface area contributed by atoms with Crippen molar-refractivity contribution >= 4 is 16.9 Å². The van der Waals surface area contributed by atoms with Gasteiger partial charge in [-0.1, -0.05) is 36.4 Å². The minimum atomic E-state index is -0.876. The summed E-state index contributed by atoms with van der Waals surface area (Å²) in [6, 6.07) is 17.5. The molecule has 2 aromatic carbocycles. The molecule has 0 aliphatic rings. The highest BCUT2D eigenvalue weighted by Gasteiger charge is 2.12. The van der Waals surface area contributed by atoms with Crippen LogP contribution in [0.1, 0.15) is 21.6 Å². The Labute approximate surface area is 117 Å². The lowest BCUT2D eigenvalue weighted by atomic mass is 10.0. The first-order valence-electron chi connectivity index (χ1n) is 6.51. The van der Waals surface area contributed by atoms with Crippen LogP contribution in [0, 0.1) is 0 Å². The first-order valence-corrected chi connectivity index (χ1v) is 6.51. The number of rotatable bonds is 3. The molecule has 0 aliphatic carbocycles. The number of aromatic carboxylic acids is 1. The topological polar surface area (TPSA) is 42.2 Å². The molecule has 0 bridgehead atoms. The van der Waals surface area contributed by atoms with Crippen molar-refractivity contribution in [3.63, 3.8) is 0 Å². The highest BCUT2D eigenvalue weighted by molar-refractivity contribution is 5.89.